The van der Waals surface area contributed by atoms with Crippen molar-refractivity contribution in [2.24, 2.45) is 0 Å². The van der Waals surface area contributed by atoms with Crippen LogP contribution in [0.15, 0.2) is 12.3 Å². The van der Waals surface area contributed by atoms with Crippen LogP contribution in [0.4, 0.5) is 5.95 Å². The molecule has 1 aromatic rings. The number of aliphatic hydroxyl groups excluding tert-OH is 1. The molecule has 1 heterocycles. The zero-order chi connectivity index (χ0) is 12.0. The van der Waals surface area contributed by atoms with Crippen LogP contribution in [0.1, 0.15) is 24.3 Å². The Labute approximate surface area is 94.1 Å². The van der Waals surface area contributed by atoms with Crippen molar-refractivity contribution in [3.05, 3.63) is 18.0 Å². The van der Waals surface area contributed by atoms with Crippen LogP contribution in [0.5, 0.6) is 0 Å². The highest BCUT2D eigenvalue weighted by Crippen LogP contribution is 2.01. The molecule has 0 aliphatic rings. The summed E-state index contributed by atoms with van der Waals surface area (Å²) >= 11 is 0. The maximum absolute atomic E-state index is 11.5. The predicted molar refractivity (Wildman–Crippen MR) is 60.2 cm³/mol. The molecule has 3 N–H and O–H groups in total. The molecule has 88 valence electrons. The standard InChI is InChI=1S/C10H16N4O2/c1-7(2)13-10-12-4-3-8(14-10)9(16)11-5-6-15/h3-4,7,15H,5-6H2,1-2H3,(H,11,16)(H,12,13,14). The van der Waals surface area contributed by atoms with Gasteiger partial charge in [0.25, 0.3) is 5.91 Å². The topological polar surface area (TPSA) is 87.1 Å². The van der Waals surface area contributed by atoms with Crippen LogP contribution < -0.4 is 10.6 Å². The minimum Gasteiger partial charge on any atom is -0.395 e. The zero-order valence-corrected chi connectivity index (χ0v) is 9.40. The molecule has 1 rings (SSSR count). The Morgan fingerprint density at radius 2 is 2.31 bits per heavy atom. The maximum atomic E-state index is 11.5. The van der Waals surface area contributed by atoms with Crippen molar-refractivity contribution in [2.45, 2.75) is 19.9 Å². The Hall–Kier alpha value is -1.69. The van der Waals surface area contributed by atoms with Crippen molar-refractivity contribution in [1.82, 2.24) is 15.3 Å². The number of anilines is 1. The number of amides is 1. The first-order valence-corrected chi connectivity index (χ1v) is 5.12. The van der Waals surface area contributed by atoms with Crippen molar-refractivity contribution in [3.8, 4) is 0 Å². The van der Waals surface area contributed by atoms with Crippen molar-refractivity contribution in [2.75, 3.05) is 18.5 Å². The third-order valence-corrected chi connectivity index (χ3v) is 1.70. The number of rotatable bonds is 5. The van der Waals surface area contributed by atoms with Crippen molar-refractivity contribution < 1.29 is 9.90 Å². The molecule has 6 nitrogen and oxygen atoms in total. The average Bonchev–Trinajstić information content (AvgIpc) is 2.25. The first-order valence-electron chi connectivity index (χ1n) is 5.12. The monoisotopic (exact) mass is 224 g/mol. The highest BCUT2D eigenvalue weighted by atomic mass is 16.3. The summed E-state index contributed by atoms with van der Waals surface area (Å²) in [5.74, 6) is 0.106. The molecule has 1 amide bonds. The van der Waals surface area contributed by atoms with Crippen LogP contribution in [-0.2, 0) is 0 Å². The minimum absolute atomic E-state index is 0.0894. The van der Waals surface area contributed by atoms with Crippen LogP contribution in [0.3, 0.4) is 0 Å². The molecule has 0 atom stereocenters. The summed E-state index contributed by atoms with van der Waals surface area (Å²) in [6.07, 6.45) is 1.52. The third-order valence-electron chi connectivity index (χ3n) is 1.70. The smallest absolute Gasteiger partial charge is 0.270 e. The Bertz CT molecular complexity index is 354. The molecule has 0 spiro atoms. The van der Waals surface area contributed by atoms with E-state index in [1.807, 2.05) is 13.8 Å². The number of carbonyl (C=O) groups excluding carboxylic acids is 1. The number of carbonyl (C=O) groups is 1. The van der Waals surface area contributed by atoms with Gasteiger partial charge in [-0.1, -0.05) is 0 Å². The molecule has 16 heavy (non-hydrogen) atoms. The Morgan fingerprint density at radius 3 is 2.94 bits per heavy atom. The van der Waals surface area contributed by atoms with E-state index in [1.165, 1.54) is 12.3 Å². The summed E-state index contributed by atoms with van der Waals surface area (Å²) in [7, 11) is 0. The molecule has 6 heteroatoms. The second-order valence-corrected chi connectivity index (χ2v) is 3.54. The lowest BCUT2D eigenvalue weighted by Gasteiger charge is -2.08. The van der Waals surface area contributed by atoms with E-state index in [0.717, 1.165) is 0 Å². The average molecular weight is 224 g/mol. The summed E-state index contributed by atoms with van der Waals surface area (Å²) in [6, 6.07) is 1.73. The molecule has 0 radical (unpaired) electrons. The SMILES string of the molecule is CC(C)Nc1nccc(C(=O)NCCO)n1. The van der Waals surface area contributed by atoms with E-state index in [0.29, 0.717) is 5.95 Å². The molecular formula is C10H16N4O2. The fourth-order valence-electron chi connectivity index (χ4n) is 1.07. The quantitative estimate of drug-likeness (QED) is 0.656. The van der Waals surface area contributed by atoms with E-state index in [-0.39, 0.29) is 30.8 Å². The van der Waals surface area contributed by atoms with Gasteiger partial charge in [0.1, 0.15) is 5.69 Å². The van der Waals surface area contributed by atoms with E-state index >= 15 is 0 Å². The third kappa shape index (κ3) is 3.82. The number of nitrogens with zero attached hydrogens (tertiary/aromatic N) is 2. The van der Waals surface area contributed by atoms with Crippen LogP contribution >= 0.6 is 0 Å². The summed E-state index contributed by atoms with van der Waals surface area (Å²) in [4.78, 5) is 19.5. The lowest BCUT2D eigenvalue weighted by Crippen LogP contribution is -2.27. The summed E-state index contributed by atoms with van der Waals surface area (Å²) in [5, 5.41) is 14.1. The van der Waals surface area contributed by atoms with E-state index < -0.39 is 0 Å². The number of aliphatic hydroxyl groups is 1. The minimum atomic E-state index is -0.316. The fourth-order valence-corrected chi connectivity index (χ4v) is 1.07. The van der Waals surface area contributed by atoms with E-state index in [1.54, 1.807) is 0 Å². The van der Waals surface area contributed by atoms with Crippen LogP contribution in [0.25, 0.3) is 0 Å². The molecule has 0 unspecified atom stereocenters. The van der Waals surface area contributed by atoms with Crippen LogP contribution in [0.2, 0.25) is 0 Å². The summed E-state index contributed by atoms with van der Waals surface area (Å²) in [5.41, 5.74) is 0.284. The van der Waals surface area contributed by atoms with E-state index in [9.17, 15) is 4.79 Å². The molecular weight excluding hydrogens is 208 g/mol. The Kier molecular flexibility index (Phi) is 4.65. The van der Waals surface area contributed by atoms with Gasteiger partial charge in [-0.3, -0.25) is 4.79 Å². The number of hydrogen-bond acceptors (Lipinski definition) is 5. The van der Waals surface area contributed by atoms with Crippen LogP contribution in [0, 0.1) is 0 Å². The molecule has 0 fully saturated rings. The van der Waals surface area contributed by atoms with Gasteiger partial charge in [0.15, 0.2) is 0 Å². The van der Waals surface area contributed by atoms with Gasteiger partial charge in [-0.2, -0.15) is 0 Å². The zero-order valence-electron chi connectivity index (χ0n) is 9.40. The summed E-state index contributed by atoms with van der Waals surface area (Å²) < 4.78 is 0. The molecule has 0 bridgehead atoms. The predicted octanol–water partition coefficient (Wildman–Crippen LogP) is 0.0190. The fraction of sp³-hybridized carbons (Fsp3) is 0.500. The second kappa shape index (κ2) is 6.02. The van der Waals surface area contributed by atoms with Crippen molar-refractivity contribution >= 4 is 11.9 Å². The summed E-state index contributed by atoms with van der Waals surface area (Å²) in [6.45, 7) is 4.05. The van der Waals surface area contributed by atoms with Gasteiger partial charge in [-0.25, -0.2) is 9.97 Å². The number of hydrogen-bond donors (Lipinski definition) is 3. The Balaban J connectivity index is 2.69. The first kappa shape index (κ1) is 12.4. The molecule has 0 aliphatic heterocycles. The highest BCUT2D eigenvalue weighted by molar-refractivity contribution is 5.92. The molecule has 0 saturated carbocycles. The van der Waals surface area contributed by atoms with Gasteiger partial charge in [-0.05, 0) is 19.9 Å². The van der Waals surface area contributed by atoms with Gasteiger partial charge in [0.05, 0.1) is 6.61 Å². The van der Waals surface area contributed by atoms with Gasteiger partial charge in [0, 0.05) is 18.8 Å². The Morgan fingerprint density at radius 1 is 1.56 bits per heavy atom. The van der Waals surface area contributed by atoms with Crippen LogP contribution in [-0.4, -0.2) is 40.2 Å². The van der Waals surface area contributed by atoms with Crippen molar-refractivity contribution in [3.63, 3.8) is 0 Å². The highest BCUT2D eigenvalue weighted by Gasteiger charge is 2.08. The van der Waals surface area contributed by atoms with Gasteiger partial charge in [-0.15, -0.1) is 0 Å². The van der Waals surface area contributed by atoms with Gasteiger partial charge < -0.3 is 15.7 Å². The molecule has 0 saturated heterocycles. The normalized spacial score (nSPS) is 10.2. The molecule has 0 aromatic carbocycles. The first-order chi connectivity index (χ1) is 7.63. The number of nitrogens with one attached hydrogen (secondary N) is 2. The van der Waals surface area contributed by atoms with E-state index in [4.69, 9.17) is 5.11 Å². The lowest BCUT2D eigenvalue weighted by atomic mass is 10.3. The van der Waals surface area contributed by atoms with Gasteiger partial charge >= 0.3 is 0 Å². The second-order valence-electron chi connectivity index (χ2n) is 3.54. The van der Waals surface area contributed by atoms with E-state index in [2.05, 4.69) is 20.6 Å². The number of aromatic nitrogens is 2. The molecule has 0 aliphatic carbocycles. The largest absolute Gasteiger partial charge is 0.395 e. The van der Waals surface area contributed by atoms with Gasteiger partial charge in [0.2, 0.25) is 5.95 Å². The maximum Gasteiger partial charge on any atom is 0.270 e. The van der Waals surface area contributed by atoms with Crippen molar-refractivity contribution in [1.29, 1.82) is 0 Å². The lowest BCUT2D eigenvalue weighted by molar-refractivity contribution is 0.0939. The molecule has 1 aromatic heterocycles.